The minimum Gasteiger partial charge on any atom is -0.365 e. The molecule has 0 saturated carbocycles. The van der Waals surface area contributed by atoms with Crippen molar-refractivity contribution in [2.24, 2.45) is 11.7 Å². The van der Waals surface area contributed by atoms with Gasteiger partial charge in [0.05, 0.1) is 28.7 Å². The van der Waals surface area contributed by atoms with Crippen molar-refractivity contribution >= 4 is 44.1 Å². The Bertz CT molecular complexity index is 722. The lowest BCUT2D eigenvalue weighted by Crippen LogP contribution is -2.25. The number of rotatable bonds is 5. The van der Waals surface area contributed by atoms with Gasteiger partial charge in [-0.2, -0.15) is 5.10 Å². The predicted octanol–water partition coefficient (Wildman–Crippen LogP) is 2.70. The molecule has 0 unspecified atom stereocenters. The van der Waals surface area contributed by atoms with E-state index in [1.54, 1.807) is 17.1 Å². The summed E-state index contributed by atoms with van der Waals surface area (Å²) in [6.45, 7) is 5.98. The van der Waals surface area contributed by atoms with Crippen molar-refractivity contribution in [1.29, 1.82) is 0 Å². The molecule has 8 heteroatoms. The number of carbonyl (C=O) groups excluding carboxylic acids is 2. The van der Waals surface area contributed by atoms with E-state index < -0.39 is 5.91 Å². The number of nitrogens with two attached hydrogens (primary N) is 1. The average Bonchev–Trinajstić information content (AvgIpc) is 2.94. The van der Waals surface area contributed by atoms with E-state index in [1.807, 2.05) is 20.8 Å². The Morgan fingerprint density at radius 2 is 2.18 bits per heavy atom. The molecule has 0 aliphatic carbocycles. The monoisotopic (exact) mass is 384 g/mol. The third kappa shape index (κ3) is 3.56. The van der Waals surface area contributed by atoms with Crippen molar-refractivity contribution in [2.45, 2.75) is 27.3 Å². The van der Waals surface area contributed by atoms with Gasteiger partial charge >= 0.3 is 0 Å². The van der Waals surface area contributed by atoms with Crippen LogP contribution in [0.25, 0.3) is 0 Å². The zero-order chi connectivity index (χ0) is 16.4. The quantitative estimate of drug-likeness (QED) is 0.829. The van der Waals surface area contributed by atoms with Gasteiger partial charge in [-0.05, 0) is 35.3 Å². The molecule has 3 N–H and O–H groups in total. The highest BCUT2D eigenvalue weighted by Crippen LogP contribution is 2.32. The molecule has 2 rings (SSSR count). The summed E-state index contributed by atoms with van der Waals surface area (Å²) in [5, 5.41) is 7.45. The number of aryl methyl sites for hydroxylation is 1. The van der Waals surface area contributed by atoms with Crippen molar-refractivity contribution < 1.29 is 9.59 Å². The van der Waals surface area contributed by atoms with Crippen LogP contribution < -0.4 is 11.1 Å². The minimum absolute atomic E-state index is 0.171. The van der Waals surface area contributed by atoms with Gasteiger partial charge in [0.25, 0.3) is 5.91 Å². The van der Waals surface area contributed by atoms with Crippen LogP contribution in [0.1, 0.15) is 27.7 Å². The van der Waals surface area contributed by atoms with Gasteiger partial charge in [-0.1, -0.05) is 6.92 Å². The number of primary amides is 1. The van der Waals surface area contributed by atoms with E-state index in [4.69, 9.17) is 5.73 Å². The van der Waals surface area contributed by atoms with Gasteiger partial charge in [-0.15, -0.1) is 11.3 Å². The third-order valence-corrected chi connectivity index (χ3v) is 4.91. The fraction of sp³-hybridized carbons (Fsp3) is 0.357. The van der Waals surface area contributed by atoms with Crippen LogP contribution >= 0.6 is 27.3 Å². The molecule has 118 valence electrons. The molecule has 6 nitrogen and oxygen atoms in total. The molecule has 0 spiro atoms. The fourth-order valence-corrected chi connectivity index (χ4v) is 3.45. The number of hydrogen-bond donors (Lipinski definition) is 2. The Kier molecular flexibility index (Phi) is 5.02. The number of hydrogen-bond acceptors (Lipinski definition) is 4. The van der Waals surface area contributed by atoms with E-state index in [0.29, 0.717) is 17.1 Å². The molecule has 0 fully saturated rings. The summed E-state index contributed by atoms with van der Waals surface area (Å²) in [4.78, 5) is 24.8. The van der Waals surface area contributed by atoms with Gasteiger partial charge in [0, 0.05) is 11.1 Å². The molecule has 0 aliphatic heterocycles. The topological polar surface area (TPSA) is 90.0 Å². The lowest BCUT2D eigenvalue weighted by atomic mass is 10.1. The third-order valence-electron chi connectivity index (χ3n) is 3.38. The molecule has 22 heavy (non-hydrogen) atoms. The van der Waals surface area contributed by atoms with Crippen LogP contribution in [0.4, 0.5) is 5.00 Å². The number of nitrogens with one attached hydrogen (secondary N) is 1. The Morgan fingerprint density at radius 3 is 2.73 bits per heavy atom. The van der Waals surface area contributed by atoms with Gasteiger partial charge in [0.15, 0.2) is 0 Å². The van der Waals surface area contributed by atoms with E-state index in [9.17, 15) is 9.59 Å². The van der Waals surface area contributed by atoms with E-state index in [0.717, 1.165) is 14.9 Å². The maximum Gasteiger partial charge on any atom is 0.251 e. The second kappa shape index (κ2) is 6.62. The summed E-state index contributed by atoms with van der Waals surface area (Å²) < 4.78 is 2.55. The average molecular weight is 385 g/mol. The number of aromatic nitrogens is 2. The standard InChI is InChI=1S/C14H17BrN4O2S/c1-7(5-19-6-10(15)4-17-19)13(21)18-14-11(12(16)20)8(2)9(3)22-14/h4,6-7H,5H2,1-3H3,(H2,16,20)(H,18,21)/t7-/m1/s1. The van der Waals surface area contributed by atoms with Crippen molar-refractivity contribution in [2.75, 3.05) is 5.32 Å². The number of halogens is 1. The lowest BCUT2D eigenvalue weighted by Gasteiger charge is -2.12. The molecule has 2 amide bonds. The smallest absolute Gasteiger partial charge is 0.251 e. The Balaban J connectivity index is 2.11. The summed E-state index contributed by atoms with van der Waals surface area (Å²) in [7, 11) is 0. The van der Waals surface area contributed by atoms with Gasteiger partial charge in [-0.25, -0.2) is 0 Å². The minimum atomic E-state index is -0.527. The van der Waals surface area contributed by atoms with Gasteiger partial charge in [-0.3, -0.25) is 14.3 Å². The predicted molar refractivity (Wildman–Crippen MR) is 90.0 cm³/mol. The zero-order valence-electron chi connectivity index (χ0n) is 12.5. The number of carbonyl (C=O) groups is 2. The van der Waals surface area contributed by atoms with Crippen LogP contribution in [0.3, 0.4) is 0 Å². The molecule has 2 aromatic rings. The second-order valence-electron chi connectivity index (χ2n) is 5.12. The first-order valence-electron chi connectivity index (χ1n) is 6.68. The van der Waals surface area contributed by atoms with Gasteiger partial charge < -0.3 is 11.1 Å². The van der Waals surface area contributed by atoms with Crippen molar-refractivity contribution in [3.8, 4) is 0 Å². The number of nitrogens with zero attached hydrogens (tertiary/aromatic N) is 2. The number of anilines is 1. The first-order valence-corrected chi connectivity index (χ1v) is 8.29. The van der Waals surface area contributed by atoms with Gasteiger partial charge in [0.2, 0.25) is 5.91 Å². The molecule has 0 aliphatic rings. The van der Waals surface area contributed by atoms with Crippen molar-refractivity contribution in [3.63, 3.8) is 0 Å². The molecule has 2 heterocycles. The summed E-state index contributed by atoms with van der Waals surface area (Å²) >= 11 is 4.68. The van der Waals surface area contributed by atoms with Crippen LogP contribution in [0.5, 0.6) is 0 Å². The molecular formula is C14H17BrN4O2S. The maximum absolute atomic E-state index is 12.3. The normalized spacial score (nSPS) is 12.2. The molecule has 0 bridgehead atoms. The van der Waals surface area contributed by atoms with Crippen LogP contribution in [-0.2, 0) is 11.3 Å². The molecule has 0 radical (unpaired) electrons. The van der Waals surface area contributed by atoms with Crippen LogP contribution in [0.2, 0.25) is 0 Å². The highest BCUT2D eigenvalue weighted by molar-refractivity contribution is 9.10. The van der Waals surface area contributed by atoms with Crippen molar-refractivity contribution in [3.05, 3.63) is 32.9 Å². The van der Waals surface area contributed by atoms with Crippen LogP contribution in [-0.4, -0.2) is 21.6 Å². The van der Waals surface area contributed by atoms with E-state index >= 15 is 0 Å². The largest absolute Gasteiger partial charge is 0.365 e. The summed E-state index contributed by atoms with van der Waals surface area (Å²) in [6, 6.07) is 0. The maximum atomic E-state index is 12.3. The summed E-state index contributed by atoms with van der Waals surface area (Å²) in [6.07, 6.45) is 3.47. The SMILES string of the molecule is Cc1sc(NC(=O)[C@H](C)Cn2cc(Br)cn2)c(C(N)=O)c1C. The van der Waals surface area contributed by atoms with E-state index in [-0.39, 0.29) is 11.8 Å². The zero-order valence-corrected chi connectivity index (χ0v) is 14.9. The number of thiophene rings is 1. The van der Waals surface area contributed by atoms with E-state index in [1.165, 1.54) is 11.3 Å². The summed E-state index contributed by atoms with van der Waals surface area (Å²) in [5.41, 5.74) is 6.61. The number of amides is 2. The second-order valence-corrected chi connectivity index (χ2v) is 7.26. The summed E-state index contributed by atoms with van der Waals surface area (Å²) in [5.74, 6) is -0.994. The first-order chi connectivity index (χ1) is 10.3. The Labute approximate surface area is 140 Å². The molecule has 0 saturated heterocycles. The molecule has 1 atom stereocenters. The Morgan fingerprint density at radius 1 is 1.50 bits per heavy atom. The Hall–Kier alpha value is -1.67. The fourth-order valence-electron chi connectivity index (χ4n) is 2.05. The first kappa shape index (κ1) is 16.7. The highest BCUT2D eigenvalue weighted by atomic mass is 79.9. The van der Waals surface area contributed by atoms with Gasteiger partial charge in [0.1, 0.15) is 5.00 Å². The van der Waals surface area contributed by atoms with E-state index in [2.05, 4.69) is 26.3 Å². The van der Waals surface area contributed by atoms with Crippen molar-refractivity contribution in [1.82, 2.24) is 9.78 Å². The van der Waals surface area contributed by atoms with Crippen LogP contribution in [0.15, 0.2) is 16.9 Å². The van der Waals surface area contributed by atoms with Crippen LogP contribution in [0, 0.1) is 19.8 Å². The molecule has 2 aromatic heterocycles. The highest BCUT2D eigenvalue weighted by Gasteiger charge is 2.21. The molecule has 0 aromatic carbocycles. The lowest BCUT2D eigenvalue weighted by molar-refractivity contribution is -0.119. The molecular weight excluding hydrogens is 368 g/mol.